The van der Waals surface area contributed by atoms with Crippen molar-refractivity contribution in [1.29, 1.82) is 0 Å². The molecule has 0 radical (unpaired) electrons. The van der Waals surface area contributed by atoms with Crippen molar-refractivity contribution >= 4 is 17.6 Å². The number of methoxy groups -OCH3 is 1. The van der Waals surface area contributed by atoms with Crippen molar-refractivity contribution in [3.8, 4) is 0 Å². The van der Waals surface area contributed by atoms with Crippen LogP contribution in [0.1, 0.15) is 27.0 Å². The number of hydrogen-bond donors (Lipinski definition) is 2. The van der Waals surface area contributed by atoms with Gasteiger partial charge in [0.2, 0.25) is 0 Å². The zero-order chi connectivity index (χ0) is 19.2. The van der Waals surface area contributed by atoms with Crippen molar-refractivity contribution in [1.82, 2.24) is 10.6 Å². The Morgan fingerprint density at radius 2 is 1.89 bits per heavy atom. The number of nitrogens with one attached hydrogen (secondary N) is 2. The second kappa shape index (κ2) is 8.68. The van der Waals surface area contributed by atoms with Gasteiger partial charge in [-0.1, -0.05) is 29.8 Å². The Morgan fingerprint density at radius 3 is 2.63 bits per heavy atom. The highest BCUT2D eigenvalue weighted by atomic mass is 16.5. The number of fused-ring (bicyclic) bond motifs is 1. The fraction of sp³-hybridized carbons (Fsp3) is 0.333. The second-order valence-electron chi connectivity index (χ2n) is 6.64. The molecule has 0 atom stereocenters. The van der Waals surface area contributed by atoms with Gasteiger partial charge >= 0.3 is 6.03 Å². The predicted octanol–water partition coefficient (Wildman–Crippen LogP) is 2.64. The van der Waals surface area contributed by atoms with E-state index in [1.807, 2.05) is 54.3 Å². The number of nitrogens with zero attached hydrogens (tertiary/aromatic N) is 1. The average molecular weight is 367 g/mol. The number of rotatable bonds is 6. The van der Waals surface area contributed by atoms with Crippen LogP contribution in [0.2, 0.25) is 0 Å². The first-order valence-corrected chi connectivity index (χ1v) is 9.09. The Hall–Kier alpha value is -2.86. The van der Waals surface area contributed by atoms with Gasteiger partial charge in [-0.25, -0.2) is 4.79 Å². The van der Waals surface area contributed by atoms with E-state index in [1.54, 1.807) is 7.11 Å². The van der Waals surface area contributed by atoms with Crippen LogP contribution in [-0.4, -0.2) is 38.7 Å². The summed E-state index contributed by atoms with van der Waals surface area (Å²) in [6, 6.07) is 13.4. The first kappa shape index (κ1) is 18.9. The fourth-order valence-electron chi connectivity index (χ4n) is 3.11. The monoisotopic (exact) mass is 367 g/mol. The van der Waals surface area contributed by atoms with Gasteiger partial charge in [-0.2, -0.15) is 0 Å². The molecule has 0 unspecified atom stereocenters. The van der Waals surface area contributed by atoms with Crippen molar-refractivity contribution in [2.75, 3.05) is 31.7 Å². The standard InChI is InChI=1S/C21H25N3O3/c1-15-3-6-18(7-4-15)20(25)24-11-9-17-8-5-16(13-19(17)24)14-23-21(26)22-10-12-27-2/h3-8,13H,9-12,14H2,1-2H3,(H2,22,23,26). The number of carbonyl (C=O) groups is 2. The quantitative estimate of drug-likeness (QED) is 0.771. The second-order valence-corrected chi connectivity index (χ2v) is 6.64. The summed E-state index contributed by atoms with van der Waals surface area (Å²) < 4.78 is 4.90. The first-order valence-electron chi connectivity index (χ1n) is 9.09. The SMILES string of the molecule is COCCNC(=O)NCc1ccc2c(c1)N(C(=O)c1ccc(C)cc1)CC2. The Labute approximate surface area is 159 Å². The molecule has 0 spiro atoms. The van der Waals surface area contributed by atoms with Gasteiger partial charge in [0.1, 0.15) is 0 Å². The van der Waals surface area contributed by atoms with Crippen LogP contribution in [0.4, 0.5) is 10.5 Å². The minimum atomic E-state index is -0.236. The van der Waals surface area contributed by atoms with Crippen molar-refractivity contribution in [2.45, 2.75) is 19.9 Å². The molecule has 0 fully saturated rings. The van der Waals surface area contributed by atoms with Gasteiger partial charge in [0.25, 0.3) is 5.91 Å². The molecule has 2 aromatic rings. The van der Waals surface area contributed by atoms with Gasteiger partial charge in [0, 0.05) is 38.0 Å². The molecular formula is C21H25N3O3. The maximum atomic E-state index is 12.9. The lowest BCUT2D eigenvalue weighted by Crippen LogP contribution is -2.36. The van der Waals surface area contributed by atoms with Crippen LogP contribution in [0.15, 0.2) is 42.5 Å². The maximum absolute atomic E-state index is 12.9. The number of benzene rings is 2. The minimum Gasteiger partial charge on any atom is -0.383 e. The van der Waals surface area contributed by atoms with Gasteiger partial charge < -0.3 is 20.3 Å². The molecule has 0 saturated heterocycles. The lowest BCUT2D eigenvalue weighted by molar-refractivity contribution is 0.0989. The van der Waals surface area contributed by atoms with Gasteiger partial charge in [-0.15, -0.1) is 0 Å². The minimum absolute atomic E-state index is 0.0103. The molecule has 1 aliphatic rings. The smallest absolute Gasteiger partial charge is 0.315 e. The van der Waals surface area contributed by atoms with E-state index in [2.05, 4.69) is 10.6 Å². The Bertz CT molecular complexity index is 818. The third-order valence-electron chi connectivity index (χ3n) is 4.63. The summed E-state index contributed by atoms with van der Waals surface area (Å²) >= 11 is 0. The average Bonchev–Trinajstić information content (AvgIpc) is 3.10. The number of amides is 3. The Kier molecular flexibility index (Phi) is 6.08. The zero-order valence-corrected chi connectivity index (χ0v) is 15.7. The topological polar surface area (TPSA) is 70.7 Å². The molecule has 1 aliphatic heterocycles. The molecular weight excluding hydrogens is 342 g/mol. The summed E-state index contributed by atoms with van der Waals surface area (Å²) in [5.41, 5.74) is 4.86. The number of aryl methyl sites for hydroxylation is 1. The summed E-state index contributed by atoms with van der Waals surface area (Å²) in [6.45, 7) is 4.02. The molecule has 3 amide bonds. The zero-order valence-electron chi connectivity index (χ0n) is 15.7. The normalized spacial score (nSPS) is 12.6. The molecule has 0 aliphatic carbocycles. The van der Waals surface area contributed by atoms with Gasteiger partial charge in [-0.3, -0.25) is 4.79 Å². The summed E-state index contributed by atoms with van der Waals surface area (Å²) in [5.74, 6) is 0.0103. The Morgan fingerprint density at radius 1 is 1.11 bits per heavy atom. The molecule has 0 saturated carbocycles. The largest absolute Gasteiger partial charge is 0.383 e. The number of carbonyl (C=O) groups excluding carboxylic acids is 2. The lowest BCUT2D eigenvalue weighted by atomic mass is 10.1. The number of hydrogen-bond acceptors (Lipinski definition) is 3. The molecule has 0 bridgehead atoms. The van der Waals surface area contributed by atoms with Crippen molar-refractivity contribution < 1.29 is 14.3 Å². The van der Waals surface area contributed by atoms with E-state index in [0.29, 0.717) is 31.8 Å². The molecule has 2 N–H and O–H groups in total. The van der Waals surface area contributed by atoms with Gasteiger partial charge in [-0.05, 0) is 42.7 Å². The molecule has 2 aromatic carbocycles. The summed E-state index contributed by atoms with van der Waals surface area (Å²) in [5, 5.41) is 5.54. The van der Waals surface area contributed by atoms with Gasteiger partial charge in [0.15, 0.2) is 0 Å². The highest BCUT2D eigenvalue weighted by molar-refractivity contribution is 6.07. The van der Waals surface area contributed by atoms with E-state index >= 15 is 0 Å². The van der Waals surface area contributed by atoms with Crippen LogP contribution in [0.3, 0.4) is 0 Å². The molecule has 6 nitrogen and oxygen atoms in total. The molecule has 27 heavy (non-hydrogen) atoms. The third-order valence-corrected chi connectivity index (χ3v) is 4.63. The van der Waals surface area contributed by atoms with Crippen LogP contribution in [0.5, 0.6) is 0 Å². The van der Waals surface area contributed by atoms with Crippen LogP contribution in [-0.2, 0) is 17.7 Å². The number of ether oxygens (including phenoxy) is 1. The summed E-state index contributed by atoms with van der Waals surface area (Å²) in [7, 11) is 1.59. The molecule has 6 heteroatoms. The molecule has 0 aromatic heterocycles. The predicted molar refractivity (Wildman–Crippen MR) is 105 cm³/mol. The van der Waals surface area contributed by atoms with Crippen LogP contribution < -0.4 is 15.5 Å². The lowest BCUT2D eigenvalue weighted by Gasteiger charge is -2.18. The first-order chi connectivity index (χ1) is 13.1. The van der Waals surface area contributed by atoms with E-state index in [1.165, 1.54) is 0 Å². The summed E-state index contributed by atoms with van der Waals surface area (Å²) in [6.07, 6.45) is 0.845. The number of anilines is 1. The highest BCUT2D eigenvalue weighted by Gasteiger charge is 2.25. The number of urea groups is 1. The highest BCUT2D eigenvalue weighted by Crippen LogP contribution is 2.30. The molecule has 3 rings (SSSR count). The van der Waals surface area contributed by atoms with Crippen molar-refractivity contribution in [3.05, 3.63) is 64.7 Å². The molecule has 1 heterocycles. The van der Waals surface area contributed by atoms with Crippen LogP contribution >= 0.6 is 0 Å². The Balaban J connectivity index is 1.67. The van der Waals surface area contributed by atoms with E-state index in [0.717, 1.165) is 28.8 Å². The summed E-state index contributed by atoms with van der Waals surface area (Å²) in [4.78, 5) is 26.5. The van der Waals surface area contributed by atoms with Crippen molar-refractivity contribution in [2.24, 2.45) is 0 Å². The third kappa shape index (κ3) is 4.65. The van der Waals surface area contributed by atoms with E-state index in [-0.39, 0.29) is 11.9 Å². The maximum Gasteiger partial charge on any atom is 0.315 e. The van der Waals surface area contributed by atoms with Crippen LogP contribution in [0.25, 0.3) is 0 Å². The van der Waals surface area contributed by atoms with Gasteiger partial charge in [0.05, 0.1) is 6.61 Å². The van der Waals surface area contributed by atoms with E-state index in [4.69, 9.17) is 4.74 Å². The van der Waals surface area contributed by atoms with E-state index < -0.39 is 0 Å². The van der Waals surface area contributed by atoms with E-state index in [9.17, 15) is 9.59 Å². The van der Waals surface area contributed by atoms with Crippen LogP contribution in [0, 0.1) is 6.92 Å². The fourth-order valence-corrected chi connectivity index (χ4v) is 3.11. The molecule has 142 valence electrons. The van der Waals surface area contributed by atoms with Crippen molar-refractivity contribution in [3.63, 3.8) is 0 Å².